The van der Waals surface area contributed by atoms with Gasteiger partial charge in [0.05, 0.1) is 4.90 Å². The van der Waals surface area contributed by atoms with Crippen molar-refractivity contribution in [3.05, 3.63) is 29.8 Å². The number of terminal acetylenes is 1. The van der Waals surface area contributed by atoms with Crippen LogP contribution in [0.5, 0.6) is 0 Å². The van der Waals surface area contributed by atoms with E-state index in [1.165, 1.54) is 31.2 Å². The van der Waals surface area contributed by atoms with Crippen molar-refractivity contribution in [2.45, 2.75) is 11.8 Å². The minimum atomic E-state index is -3.40. The molecule has 0 bridgehead atoms. The smallest absolute Gasteiger partial charge is 0.189 e. The molecule has 0 heterocycles. The van der Waals surface area contributed by atoms with Crippen LogP contribution in [-0.4, -0.2) is 20.0 Å². The number of rotatable bonds is 3. The Bertz CT molecular complexity index is 504. The highest BCUT2D eigenvalue weighted by Gasteiger charge is 2.12. The lowest BCUT2D eigenvalue weighted by Gasteiger charge is -2.01. The van der Waals surface area contributed by atoms with Crippen molar-refractivity contribution in [3.8, 4) is 12.3 Å². The number of carbonyl (C=O) groups excluding carboxylic acids is 1. The Morgan fingerprint density at radius 1 is 1.33 bits per heavy atom. The zero-order chi connectivity index (χ0) is 11.5. The second-order valence-electron chi connectivity index (χ2n) is 3.04. The van der Waals surface area contributed by atoms with Gasteiger partial charge in [0.15, 0.2) is 15.6 Å². The molecule has 0 fully saturated rings. The number of hydrogen-bond acceptors (Lipinski definition) is 3. The molecule has 1 aromatic carbocycles. The SMILES string of the molecule is C#CCS(=O)(=O)c1ccc(C(C)=O)cc1. The predicted octanol–water partition coefficient (Wildman–Crippen LogP) is 1.30. The average Bonchev–Trinajstić information content (AvgIpc) is 2.18. The molecule has 0 aliphatic carbocycles. The molecule has 78 valence electrons. The van der Waals surface area contributed by atoms with Gasteiger partial charge in [0.1, 0.15) is 5.75 Å². The van der Waals surface area contributed by atoms with Crippen molar-refractivity contribution < 1.29 is 13.2 Å². The highest BCUT2D eigenvalue weighted by atomic mass is 32.2. The molecular formula is C11H10O3S. The maximum absolute atomic E-state index is 11.5. The van der Waals surface area contributed by atoms with Gasteiger partial charge < -0.3 is 0 Å². The van der Waals surface area contributed by atoms with Crippen molar-refractivity contribution in [2.75, 3.05) is 5.75 Å². The fraction of sp³-hybridized carbons (Fsp3) is 0.182. The molecule has 0 atom stereocenters. The monoisotopic (exact) mass is 222 g/mol. The van der Waals surface area contributed by atoms with Gasteiger partial charge in [-0.1, -0.05) is 18.1 Å². The van der Waals surface area contributed by atoms with Crippen LogP contribution in [0.25, 0.3) is 0 Å². The van der Waals surface area contributed by atoms with Gasteiger partial charge in [-0.05, 0) is 19.1 Å². The maximum Gasteiger partial charge on any atom is 0.189 e. The van der Waals surface area contributed by atoms with Crippen LogP contribution in [0.4, 0.5) is 0 Å². The van der Waals surface area contributed by atoms with Gasteiger partial charge in [-0.2, -0.15) is 0 Å². The Morgan fingerprint density at radius 3 is 2.27 bits per heavy atom. The number of ketones is 1. The summed E-state index contributed by atoms with van der Waals surface area (Å²) in [6, 6.07) is 5.74. The summed E-state index contributed by atoms with van der Waals surface area (Å²) >= 11 is 0. The van der Waals surface area contributed by atoms with Crippen LogP contribution in [0, 0.1) is 12.3 Å². The Kier molecular flexibility index (Phi) is 3.28. The van der Waals surface area contributed by atoms with Crippen LogP contribution < -0.4 is 0 Å². The van der Waals surface area contributed by atoms with Crippen molar-refractivity contribution in [1.82, 2.24) is 0 Å². The Balaban J connectivity index is 3.11. The number of carbonyl (C=O) groups is 1. The van der Waals surface area contributed by atoms with Crippen molar-refractivity contribution in [1.29, 1.82) is 0 Å². The first-order valence-corrected chi connectivity index (χ1v) is 5.90. The quantitative estimate of drug-likeness (QED) is 0.572. The number of benzene rings is 1. The Morgan fingerprint density at radius 2 is 1.87 bits per heavy atom. The van der Waals surface area contributed by atoms with E-state index in [1.54, 1.807) is 0 Å². The molecule has 0 aliphatic rings. The Labute approximate surface area is 89.0 Å². The molecule has 0 spiro atoms. The summed E-state index contributed by atoms with van der Waals surface area (Å²) in [6.45, 7) is 1.42. The van der Waals surface area contributed by atoms with Gasteiger partial charge in [0, 0.05) is 5.56 Å². The molecule has 0 aromatic heterocycles. The molecular weight excluding hydrogens is 212 g/mol. The summed E-state index contributed by atoms with van der Waals surface area (Å²) in [5, 5.41) is 0. The van der Waals surface area contributed by atoms with E-state index in [1.807, 2.05) is 0 Å². The van der Waals surface area contributed by atoms with Crippen LogP contribution in [0.15, 0.2) is 29.2 Å². The van der Waals surface area contributed by atoms with E-state index < -0.39 is 9.84 Å². The van der Waals surface area contributed by atoms with E-state index in [9.17, 15) is 13.2 Å². The van der Waals surface area contributed by atoms with Crippen LogP contribution in [0.3, 0.4) is 0 Å². The standard InChI is InChI=1S/C11H10O3S/c1-3-8-15(13,14)11-6-4-10(5-7-11)9(2)12/h1,4-7H,8H2,2H3. The molecule has 1 rings (SSSR count). The molecule has 1 aromatic rings. The summed E-state index contributed by atoms with van der Waals surface area (Å²) in [6.07, 6.45) is 4.95. The molecule has 0 radical (unpaired) electrons. The molecule has 0 saturated heterocycles. The largest absolute Gasteiger partial charge is 0.295 e. The highest BCUT2D eigenvalue weighted by Crippen LogP contribution is 2.12. The lowest BCUT2D eigenvalue weighted by Crippen LogP contribution is -2.05. The second-order valence-corrected chi connectivity index (χ2v) is 5.03. The molecule has 0 aliphatic heterocycles. The van der Waals surface area contributed by atoms with Crippen molar-refractivity contribution >= 4 is 15.6 Å². The minimum absolute atomic E-state index is 0.101. The molecule has 4 heteroatoms. The summed E-state index contributed by atoms with van der Waals surface area (Å²) in [7, 11) is -3.40. The predicted molar refractivity (Wildman–Crippen MR) is 57.3 cm³/mol. The lowest BCUT2D eigenvalue weighted by molar-refractivity contribution is 0.101. The highest BCUT2D eigenvalue weighted by molar-refractivity contribution is 7.91. The van der Waals surface area contributed by atoms with Gasteiger partial charge in [-0.3, -0.25) is 4.79 Å². The van der Waals surface area contributed by atoms with Crippen molar-refractivity contribution in [3.63, 3.8) is 0 Å². The Hall–Kier alpha value is -1.60. The molecule has 0 amide bonds. The van der Waals surface area contributed by atoms with Gasteiger partial charge in [-0.25, -0.2) is 8.42 Å². The summed E-state index contributed by atoms with van der Waals surface area (Å²) in [5.74, 6) is 1.66. The van der Waals surface area contributed by atoms with Gasteiger partial charge >= 0.3 is 0 Å². The summed E-state index contributed by atoms with van der Waals surface area (Å²) in [5.41, 5.74) is 0.481. The normalized spacial score (nSPS) is 10.7. The minimum Gasteiger partial charge on any atom is -0.295 e. The zero-order valence-electron chi connectivity index (χ0n) is 8.23. The third-order valence-corrected chi connectivity index (χ3v) is 3.43. The van der Waals surface area contributed by atoms with Crippen LogP contribution >= 0.6 is 0 Å². The number of hydrogen-bond donors (Lipinski definition) is 0. The van der Waals surface area contributed by atoms with Crippen LogP contribution in [0.1, 0.15) is 17.3 Å². The first-order valence-electron chi connectivity index (χ1n) is 4.24. The van der Waals surface area contributed by atoms with Crippen LogP contribution in [0.2, 0.25) is 0 Å². The molecule has 3 nitrogen and oxygen atoms in total. The molecule has 0 N–H and O–H groups in total. The van der Waals surface area contributed by atoms with E-state index >= 15 is 0 Å². The lowest BCUT2D eigenvalue weighted by atomic mass is 10.2. The summed E-state index contributed by atoms with van der Waals surface area (Å²) < 4.78 is 23.0. The fourth-order valence-electron chi connectivity index (χ4n) is 1.09. The van der Waals surface area contributed by atoms with Gasteiger partial charge in [-0.15, -0.1) is 6.42 Å². The van der Waals surface area contributed by atoms with Gasteiger partial charge in [0.2, 0.25) is 0 Å². The molecule has 15 heavy (non-hydrogen) atoms. The summed E-state index contributed by atoms with van der Waals surface area (Å²) in [4.78, 5) is 11.1. The average molecular weight is 222 g/mol. The third-order valence-electron chi connectivity index (χ3n) is 1.89. The number of sulfone groups is 1. The maximum atomic E-state index is 11.5. The molecule has 0 unspecified atom stereocenters. The van der Waals surface area contributed by atoms with E-state index in [0.29, 0.717) is 5.56 Å². The first kappa shape index (κ1) is 11.5. The van der Waals surface area contributed by atoms with E-state index in [2.05, 4.69) is 5.92 Å². The van der Waals surface area contributed by atoms with Crippen LogP contribution in [-0.2, 0) is 9.84 Å². The first-order chi connectivity index (χ1) is 6.97. The zero-order valence-corrected chi connectivity index (χ0v) is 9.04. The topological polar surface area (TPSA) is 51.2 Å². The van der Waals surface area contributed by atoms with Gasteiger partial charge in [0.25, 0.3) is 0 Å². The third kappa shape index (κ3) is 2.67. The fourth-order valence-corrected chi connectivity index (χ4v) is 2.03. The van der Waals surface area contributed by atoms with E-state index in [0.717, 1.165) is 0 Å². The molecule has 0 saturated carbocycles. The van der Waals surface area contributed by atoms with E-state index in [4.69, 9.17) is 6.42 Å². The number of Topliss-reactive ketones (excluding diaryl/α,β-unsaturated/α-hetero) is 1. The second kappa shape index (κ2) is 4.28. The van der Waals surface area contributed by atoms with E-state index in [-0.39, 0.29) is 16.4 Å². The van der Waals surface area contributed by atoms with Crippen molar-refractivity contribution in [2.24, 2.45) is 0 Å².